The molecule has 21 heavy (non-hydrogen) atoms. The van der Waals surface area contributed by atoms with Crippen molar-refractivity contribution in [2.24, 2.45) is 0 Å². The van der Waals surface area contributed by atoms with E-state index in [9.17, 15) is 0 Å². The van der Waals surface area contributed by atoms with Crippen LogP contribution in [0, 0.1) is 0 Å². The van der Waals surface area contributed by atoms with Crippen molar-refractivity contribution in [2.75, 3.05) is 18.0 Å². The molecule has 0 aromatic carbocycles. The smallest absolute Gasteiger partial charge is 0.182 e. The highest BCUT2D eigenvalue weighted by molar-refractivity contribution is 6.04. The maximum atomic E-state index is 4.75. The van der Waals surface area contributed by atoms with Crippen molar-refractivity contribution in [3.8, 4) is 0 Å². The molecule has 5 heteroatoms. The number of hydrogen-bond acceptors (Lipinski definition) is 4. The SMILES string of the molecule is BNC1CCN(c2cnc(C3CCCCCCC3)cn2)C1. The molecule has 0 bridgehead atoms. The second-order valence-electron chi connectivity index (χ2n) is 6.56. The van der Waals surface area contributed by atoms with Gasteiger partial charge in [-0.2, -0.15) is 0 Å². The van der Waals surface area contributed by atoms with Gasteiger partial charge >= 0.3 is 0 Å². The Hall–Kier alpha value is -1.10. The van der Waals surface area contributed by atoms with Crippen molar-refractivity contribution in [1.29, 1.82) is 0 Å². The average Bonchev–Trinajstić information content (AvgIpc) is 2.96. The molecule has 2 heterocycles. The predicted molar refractivity (Wildman–Crippen MR) is 89.4 cm³/mol. The summed E-state index contributed by atoms with van der Waals surface area (Å²) in [4.78, 5) is 11.8. The molecule has 114 valence electrons. The van der Waals surface area contributed by atoms with E-state index in [2.05, 4.69) is 10.1 Å². The molecule has 0 radical (unpaired) electrons. The molecule has 0 spiro atoms. The molecule has 1 aliphatic carbocycles. The van der Waals surface area contributed by atoms with Gasteiger partial charge in [-0.05, 0) is 19.3 Å². The first-order valence-electron chi connectivity index (χ1n) is 8.61. The molecule has 4 nitrogen and oxygen atoms in total. The lowest BCUT2D eigenvalue weighted by Crippen LogP contribution is -2.30. The molecule has 1 saturated heterocycles. The highest BCUT2D eigenvalue weighted by Gasteiger charge is 2.22. The molecule has 1 atom stereocenters. The molecular formula is C16H27BN4. The standard InChI is InChI=1S/C16H27BN4/c17-20-14-8-9-21(12-14)16-11-18-15(10-19-16)13-6-4-2-1-3-5-7-13/h10-11,13-14,20H,1-9,12,17H2. The topological polar surface area (TPSA) is 41.0 Å². The first-order chi connectivity index (χ1) is 10.4. The monoisotopic (exact) mass is 286 g/mol. The summed E-state index contributed by atoms with van der Waals surface area (Å²) in [5.41, 5.74) is 1.21. The summed E-state index contributed by atoms with van der Waals surface area (Å²) in [7, 11) is 2.04. The van der Waals surface area contributed by atoms with Crippen LogP contribution in [0.5, 0.6) is 0 Å². The number of nitrogens with zero attached hydrogens (tertiary/aromatic N) is 3. The molecule has 0 amide bonds. The van der Waals surface area contributed by atoms with Crippen LogP contribution >= 0.6 is 0 Å². The van der Waals surface area contributed by atoms with Gasteiger partial charge in [-0.25, -0.2) is 4.98 Å². The van der Waals surface area contributed by atoms with Gasteiger partial charge in [0.1, 0.15) is 5.82 Å². The zero-order chi connectivity index (χ0) is 14.5. The average molecular weight is 286 g/mol. The third-order valence-corrected chi connectivity index (χ3v) is 5.10. The fourth-order valence-corrected chi connectivity index (χ4v) is 3.66. The number of rotatable bonds is 3. The molecule has 1 saturated carbocycles. The van der Waals surface area contributed by atoms with E-state index in [0.717, 1.165) is 18.9 Å². The van der Waals surface area contributed by atoms with Crippen molar-refractivity contribution in [1.82, 2.24) is 15.2 Å². The number of hydrogen-bond donors (Lipinski definition) is 1. The van der Waals surface area contributed by atoms with E-state index in [0.29, 0.717) is 12.0 Å². The molecule has 1 N–H and O–H groups in total. The number of anilines is 1. The third kappa shape index (κ3) is 3.76. The van der Waals surface area contributed by atoms with Crippen molar-refractivity contribution in [3.63, 3.8) is 0 Å². The van der Waals surface area contributed by atoms with Gasteiger partial charge in [-0.15, -0.1) is 0 Å². The Bertz CT molecular complexity index is 428. The van der Waals surface area contributed by atoms with E-state index < -0.39 is 0 Å². The molecular weight excluding hydrogens is 259 g/mol. The Balaban J connectivity index is 1.63. The quantitative estimate of drug-likeness (QED) is 0.863. The Morgan fingerprint density at radius 1 is 1.00 bits per heavy atom. The number of aromatic nitrogens is 2. The lowest BCUT2D eigenvalue weighted by atomic mass is 9.89. The van der Waals surface area contributed by atoms with E-state index >= 15 is 0 Å². The van der Waals surface area contributed by atoms with Crippen LogP contribution in [-0.4, -0.2) is 37.1 Å². The lowest BCUT2D eigenvalue weighted by molar-refractivity contribution is 0.448. The maximum absolute atomic E-state index is 4.75. The normalized spacial score (nSPS) is 24.8. The van der Waals surface area contributed by atoms with Crippen LogP contribution in [0.4, 0.5) is 5.82 Å². The minimum absolute atomic E-state index is 0.595. The van der Waals surface area contributed by atoms with Gasteiger partial charge < -0.3 is 10.1 Å². The molecule has 2 fully saturated rings. The van der Waals surface area contributed by atoms with Crippen molar-refractivity contribution in [3.05, 3.63) is 18.1 Å². The van der Waals surface area contributed by atoms with E-state index in [1.165, 1.54) is 57.1 Å². The Morgan fingerprint density at radius 3 is 2.38 bits per heavy atom. The van der Waals surface area contributed by atoms with Gasteiger partial charge in [-0.1, -0.05) is 32.1 Å². The zero-order valence-corrected chi connectivity index (χ0v) is 13.2. The summed E-state index contributed by atoms with van der Waals surface area (Å²) in [5, 5.41) is 3.35. The van der Waals surface area contributed by atoms with Gasteiger partial charge in [0, 0.05) is 25.0 Å². The van der Waals surface area contributed by atoms with Crippen LogP contribution in [0.15, 0.2) is 12.4 Å². The van der Waals surface area contributed by atoms with Crippen LogP contribution in [0.1, 0.15) is 63.0 Å². The summed E-state index contributed by atoms with van der Waals surface area (Å²) in [5.74, 6) is 1.68. The minimum Gasteiger partial charge on any atom is -0.358 e. The van der Waals surface area contributed by atoms with Crippen molar-refractivity contribution < 1.29 is 0 Å². The van der Waals surface area contributed by atoms with Gasteiger partial charge in [0.05, 0.1) is 18.1 Å². The Kier molecular flexibility index (Phi) is 5.12. The minimum atomic E-state index is 0.595. The zero-order valence-electron chi connectivity index (χ0n) is 13.2. The van der Waals surface area contributed by atoms with Crippen LogP contribution in [0.3, 0.4) is 0 Å². The van der Waals surface area contributed by atoms with Crippen LogP contribution in [-0.2, 0) is 0 Å². The van der Waals surface area contributed by atoms with Crippen LogP contribution in [0.25, 0.3) is 0 Å². The van der Waals surface area contributed by atoms with Crippen molar-refractivity contribution >= 4 is 13.8 Å². The summed E-state index contributed by atoms with van der Waals surface area (Å²) in [6, 6.07) is 0.595. The third-order valence-electron chi connectivity index (χ3n) is 5.10. The molecule has 1 unspecified atom stereocenters. The molecule has 1 aliphatic heterocycles. The number of nitrogens with one attached hydrogen (secondary N) is 1. The highest BCUT2D eigenvalue weighted by atomic mass is 15.2. The van der Waals surface area contributed by atoms with E-state index in [-0.39, 0.29) is 0 Å². The fourth-order valence-electron chi connectivity index (χ4n) is 3.66. The second kappa shape index (κ2) is 7.25. The summed E-state index contributed by atoms with van der Waals surface area (Å²) in [6.45, 7) is 2.14. The summed E-state index contributed by atoms with van der Waals surface area (Å²) < 4.78 is 0. The van der Waals surface area contributed by atoms with Gasteiger partial charge in [0.15, 0.2) is 7.98 Å². The summed E-state index contributed by atoms with van der Waals surface area (Å²) in [6.07, 6.45) is 14.7. The molecule has 1 aromatic rings. The van der Waals surface area contributed by atoms with Crippen LogP contribution < -0.4 is 10.1 Å². The van der Waals surface area contributed by atoms with E-state index in [1.54, 1.807) is 0 Å². The van der Waals surface area contributed by atoms with E-state index in [1.807, 2.05) is 20.4 Å². The summed E-state index contributed by atoms with van der Waals surface area (Å²) >= 11 is 0. The second-order valence-corrected chi connectivity index (χ2v) is 6.56. The lowest BCUT2D eigenvalue weighted by Gasteiger charge is -2.21. The maximum Gasteiger partial charge on any atom is 0.182 e. The highest BCUT2D eigenvalue weighted by Crippen LogP contribution is 2.30. The molecule has 1 aromatic heterocycles. The van der Waals surface area contributed by atoms with Crippen LogP contribution in [0.2, 0.25) is 0 Å². The predicted octanol–water partition coefficient (Wildman–Crippen LogP) is 2.02. The Labute approximate surface area is 129 Å². The van der Waals surface area contributed by atoms with Gasteiger partial charge in [-0.3, -0.25) is 4.98 Å². The Morgan fingerprint density at radius 2 is 1.76 bits per heavy atom. The van der Waals surface area contributed by atoms with Gasteiger partial charge in [0.2, 0.25) is 0 Å². The first kappa shape index (κ1) is 14.8. The molecule has 2 aliphatic rings. The largest absolute Gasteiger partial charge is 0.358 e. The van der Waals surface area contributed by atoms with Crippen molar-refractivity contribution in [2.45, 2.75) is 63.3 Å². The van der Waals surface area contributed by atoms with E-state index in [4.69, 9.17) is 9.97 Å². The fraction of sp³-hybridized carbons (Fsp3) is 0.750. The van der Waals surface area contributed by atoms with Gasteiger partial charge in [0.25, 0.3) is 0 Å². The first-order valence-corrected chi connectivity index (χ1v) is 8.61. The molecule has 3 rings (SSSR count).